The second-order valence-corrected chi connectivity index (χ2v) is 2.91. The van der Waals surface area contributed by atoms with Gasteiger partial charge in [-0.15, -0.1) is 0 Å². The van der Waals surface area contributed by atoms with Crippen molar-refractivity contribution in [3.63, 3.8) is 0 Å². The van der Waals surface area contributed by atoms with E-state index in [-0.39, 0.29) is 17.7 Å². The molecule has 5 N–H and O–H groups in total. The van der Waals surface area contributed by atoms with Crippen LogP contribution in [0.15, 0.2) is 24.3 Å². The molecular formula is C7H11BNO5S-. The average molecular weight is 232 g/mol. The Morgan fingerprint density at radius 3 is 2.33 bits per heavy atom. The molecule has 15 heavy (non-hydrogen) atoms. The minimum absolute atomic E-state index is 0. The molecule has 0 saturated carbocycles. The molecule has 0 heterocycles. The zero-order valence-corrected chi connectivity index (χ0v) is 8.54. The molecule has 1 atom stereocenters. The van der Waals surface area contributed by atoms with Crippen molar-refractivity contribution >= 4 is 30.4 Å². The van der Waals surface area contributed by atoms with Gasteiger partial charge in [-0.25, -0.2) is 4.21 Å². The minimum atomic E-state index is -2.48. The van der Waals surface area contributed by atoms with Crippen LogP contribution in [0.4, 0.5) is 5.69 Å². The molecule has 1 aromatic rings. The lowest BCUT2D eigenvalue weighted by molar-refractivity contribution is 0.323. The molecular weight excluding hydrogens is 221 g/mol. The van der Waals surface area contributed by atoms with Crippen molar-refractivity contribution in [1.29, 1.82) is 0 Å². The number of nitrogens with one attached hydrogen (secondary N) is 1. The lowest BCUT2D eigenvalue weighted by Gasteiger charge is -2.08. The first-order chi connectivity index (χ1) is 6.18. The maximum absolute atomic E-state index is 9.96. The van der Waals surface area contributed by atoms with E-state index in [1.807, 2.05) is 0 Å². The van der Waals surface area contributed by atoms with Gasteiger partial charge in [-0.05, 0) is 12.1 Å². The van der Waals surface area contributed by atoms with Gasteiger partial charge in [-0.2, -0.15) is 0 Å². The third-order valence-corrected chi connectivity index (χ3v) is 1.65. The second-order valence-electron chi connectivity index (χ2n) is 2.27. The van der Waals surface area contributed by atoms with Crippen LogP contribution in [0, 0.1) is 0 Å². The molecule has 0 aromatic heterocycles. The summed E-state index contributed by atoms with van der Waals surface area (Å²) in [6.45, 7) is -0.0833. The minimum Gasteiger partial charge on any atom is -0.750 e. The van der Waals surface area contributed by atoms with Crippen LogP contribution < -0.4 is 10.8 Å². The summed E-state index contributed by atoms with van der Waals surface area (Å²) in [4.78, 5) is 0. The molecule has 1 unspecified atom stereocenters. The predicted molar refractivity (Wildman–Crippen MR) is 57.6 cm³/mol. The van der Waals surface area contributed by atoms with Gasteiger partial charge in [-0.3, -0.25) is 4.18 Å². The van der Waals surface area contributed by atoms with E-state index in [0.29, 0.717) is 5.46 Å². The van der Waals surface area contributed by atoms with Crippen LogP contribution in [-0.4, -0.2) is 34.3 Å². The molecule has 1 rings (SSSR count). The standard InChI is InChI=1S/C7H8BNO3S.2H2O/c8-6-1-3-7(4-2-6)9-5-12-13(10)11;;/h1-4,9H,5H2,(H,10,11);2*1H2/p-1. The molecule has 0 aliphatic carbocycles. The molecule has 1 aromatic carbocycles. The van der Waals surface area contributed by atoms with Crippen molar-refractivity contribution in [3.05, 3.63) is 24.3 Å². The highest BCUT2D eigenvalue weighted by molar-refractivity contribution is 7.74. The molecule has 0 amide bonds. The Balaban J connectivity index is 0. The molecule has 0 bridgehead atoms. The summed E-state index contributed by atoms with van der Waals surface area (Å²) in [7, 11) is 5.45. The Morgan fingerprint density at radius 2 is 1.87 bits per heavy atom. The van der Waals surface area contributed by atoms with Gasteiger partial charge in [0.05, 0.1) is 11.4 Å². The van der Waals surface area contributed by atoms with E-state index in [1.54, 1.807) is 24.3 Å². The number of rotatable bonds is 4. The molecule has 0 aliphatic rings. The first kappa shape index (κ1) is 16.5. The van der Waals surface area contributed by atoms with Crippen molar-refractivity contribution in [3.8, 4) is 0 Å². The lowest BCUT2D eigenvalue weighted by atomic mass is 9.96. The van der Waals surface area contributed by atoms with Crippen molar-refractivity contribution in [2.24, 2.45) is 0 Å². The van der Waals surface area contributed by atoms with E-state index >= 15 is 0 Å². The fourth-order valence-electron chi connectivity index (χ4n) is 0.762. The molecule has 0 fully saturated rings. The van der Waals surface area contributed by atoms with Crippen molar-refractivity contribution < 1.29 is 23.9 Å². The number of hydrogen-bond acceptors (Lipinski definition) is 4. The quantitative estimate of drug-likeness (QED) is 0.366. The van der Waals surface area contributed by atoms with Crippen LogP contribution in [0.1, 0.15) is 0 Å². The monoisotopic (exact) mass is 232 g/mol. The fourth-order valence-corrected chi connectivity index (χ4v) is 0.917. The highest BCUT2D eigenvalue weighted by Gasteiger charge is 1.90. The van der Waals surface area contributed by atoms with Gasteiger partial charge >= 0.3 is 0 Å². The number of anilines is 1. The summed E-state index contributed by atoms with van der Waals surface area (Å²) in [5.41, 5.74) is 1.40. The van der Waals surface area contributed by atoms with E-state index in [0.717, 1.165) is 5.69 Å². The second kappa shape index (κ2) is 8.39. The van der Waals surface area contributed by atoms with E-state index < -0.39 is 11.4 Å². The zero-order valence-electron chi connectivity index (χ0n) is 7.73. The molecule has 6 nitrogen and oxygen atoms in total. The summed E-state index contributed by atoms with van der Waals surface area (Å²) in [5, 5.41) is 2.73. The maximum Gasteiger partial charge on any atom is 0.132 e. The third kappa shape index (κ3) is 7.06. The van der Waals surface area contributed by atoms with Crippen molar-refractivity contribution in [2.45, 2.75) is 0 Å². The summed E-state index contributed by atoms with van der Waals surface area (Å²) in [6, 6.07) is 6.87. The van der Waals surface area contributed by atoms with E-state index in [1.165, 1.54) is 0 Å². The summed E-state index contributed by atoms with van der Waals surface area (Å²) >= 11 is -2.48. The van der Waals surface area contributed by atoms with Gasteiger partial charge in [0.1, 0.15) is 14.6 Å². The van der Waals surface area contributed by atoms with E-state index in [2.05, 4.69) is 9.50 Å². The van der Waals surface area contributed by atoms with Crippen molar-refractivity contribution in [2.75, 3.05) is 12.0 Å². The zero-order chi connectivity index (χ0) is 9.68. The van der Waals surface area contributed by atoms with Gasteiger partial charge in [0.15, 0.2) is 0 Å². The summed E-state index contributed by atoms with van der Waals surface area (Å²) < 4.78 is 24.2. The fraction of sp³-hybridized carbons (Fsp3) is 0.143. The highest BCUT2D eigenvalue weighted by Crippen LogP contribution is 2.02. The number of hydrogen-bond donors (Lipinski definition) is 1. The molecule has 84 valence electrons. The Kier molecular flexibility index (Phi) is 9.23. The van der Waals surface area contributed by atoms with Gasteiger partial charge in [0.2, 0.25) is 0 Å². The summed E-state index contributed by atoms with van der Waals surface area (Å²) in [6.07, 6.45) is 0. The van der Waals surface area contributed by atoms with Crippen LogP contribution in [0.3, 0.4) is 0 Å². The summed E-state index contributed by atoms with van der Waals surface area (Å²) in [5.74, 6) is 0. The molecule has 8 heteroatoms. The van der Waals surface area contributed by atoms with Crippen LogP contribution >= 0.6 is 0 Å². The van der Waals surface area contributed by atoms with Crippen LogP contribution in [0.25, 0.3) is 0 Å². The SMILES string of the molecule is O.O.[B]c1ccc(NCOS(=O)[O-])cc1. The molecule has 0 saturated heterocycles. The number of benzene rings is 1. The van der Waals surface area contributed by atoms with Crippen LogP contribution in [-0.2, 0) is 15.5 Å². The highest BCUT2D eigenvalue weighted by atomic mass is 32.2. The maximum atomic E-state index is 9.96. The van der Waals surface area contributed by atoms with Gasteiger partial charge in [0, 0.05) is 5.69 Å². The van der Waals surface area contributed by atoms with Crippen molar-refractivity contribution in [1.82, 2.24) is 0 Å². The molecule has 0 aliphatic heterocycles. The molecule has 2 radical (unpaired) electrons. The Hall–Kier alpha value is -0.925. The Labute approximate surface area is 91.2 Å². The Bertz CT molecular complexity index is 294. The van der Waals surface area contributed by atoms with E-state index in [4.69, 9.17) is 7.85 Å². The largest absolute Gasteiger partial charge is 0.750 e. The van der Waals surface area contributed by atoms with Crippen LogP contribution in [0.5, 0.6) is 0 Å². The first-order valence-electron chi connectivity index (χ1n) is 3.50. The predicted octanol–water partition coefficient (Wildman–Crippen LogP) is -1.99. The van der Waals surface area contributed by atoms with E-state index in [9.17, 15) is 8.76 Å². The smallest absolute Gasteiger partial charge is 0.132 e. The van der Waals surface area contributed by atoms with Gasteiger partial charge in [-0.1, -0.05) is 17.6 Å². The first-order valence-corrected chi connectivity index (χ1v) is 4.50. The Morgan fingerprint density at radius 1 is 1.33 bits per heavy atom. The third-order valence-electron chi connectivity index (χ3n) is 1.34. The van der Waals surface area contributed by atoms with Gasteiger partial charge < -0.3 is 20.8 Å². The average Bonchev–Trinajstić information content (AvgIpc) is 2.08. The topological polar surface area (TPSA) is 124 Å². The normalized spacial score (nSPS) is 10.7. The molecule has 0 spiro atoms. The van der Waals surface area contributed by atoms with Crippen LogP contribution in [0.2, 0.25) is 0 Å². The lowest BCUT2D eigenvalue weighted by Crippen LogP contribution is -2.08. The van der Waals surface area contributed by atoms with Gasteiger partial charge in [0.25, 0.3) is 0 Å².